The predicted molar refractivity (Wildman–Crippen MR) is 114 cm³/mol. The Hall–Kier alpha value is -2.32. The van der Waals surface area contributed by atoms with E-state index >= 15 is 0 Å². The number of hydrogen-bond acceptors (Lipinski definition) is 4. The lowest BCUT2D eigenvalue weighted by atomic mass is 9.82. The van der Waals surface area contributed by atoms with Crippen molar-refractivity contribution in [3.05, 3.63) is 0 Å². The highest BCUT2D eigenvalue weighted by Gasteiger charge is 2.51. The van der Waals surface area contributed by atoms with E-state index in [-0.39, 0.29) is 36.5 Å². The van der Waals surface area contributed by atoms with E-state index in [1.54, 1.807) is 0 Å². The summed E-state index contributed by atoms with van der Waals surface area (Å²) in [4.78, 5) is 53.0. The SMILES string of the molecule is O=C(CN1C(=O)NC2(CCCCC2)C1=O)NC1CCN(C(=O)NC2CCCCC2)CC1. The fourth-order valence-electron chi connectivity index (χ4n) is 5.47. The number of piperidine rings is 1. The second-order valence-electron chi connectivity index (χ2n) is 9.58. The highest BCUT2D eigenvalue weighted by molar-refractivity contribution is 6.09. The maximum absolute atomic E-state index is 12.8. The van der Waals surface area contributed by atoms with Gasteiger partial charge in [-0.15, -0.1) is 0 Å². The summed E-state index contributed by atoms with van der Waals surface area (Å²) in [5.41, 5.74) is -0.799. The zero-order valence-corrected chi connectivity index (χ0v) is 18.3. The molecule has 2 saturated heterocycles. The van der Waals surface area contributed by atoms with Crippen molar-refractivity contribution in [3.8, 4) is 0 Å². The maximum Gasteiger partial charge on any atom is 0.325 e. The van der Waals surface area contributed by atoms with Crippen LogP contribution in [0, 0.1) is 0 Å². The first-order valence-corrected chi connectivity index (χ1v) is 12.0. The average Bonchev–Trinajstić information content (AvgIpc) is 2.99. The Morgan fingerprint density at radius 3 is 2.16 bits per heavy atom. The van der Waals surface area contributed by atoms with Crippen LogP contribution in [0.2, 0.25) is 0 Å². The van der Waals surface area contributed by atoms with Crippen LogP contribution in [0.25, 0.3) is 0 Å². The molecule has 0 radical (unpaired) electrons. The first-order chi connectivity index (χ1) is 15.0. The number of amides is 6. The summed E-state index contributed by atoms with van der Waals surface area (Å²) >= 11 is 0. The minimum atomic E-state index is -0.799. The summed E-state index contributed by atoms with van der Waals surface area (Å²) < 4.78 is 0. The van der Waals surface area contributed by atoms with Gasteiger partial charge in [-0.25, -0.2) is 9.59 Å². The van der Waals surface area contributed by atoms with Crippen molar-refractivity contribution in [2.75, 3.05) is 19.6 Å². The van der Waals surface area contributed by atoms with Crippen LogP contribution < -0.4 is 16.0 Å². The molecule has 1 spiro atoms. The molecule has 9 heteroatoms. The Kier molecular flexibility index (Phi) is 6.67. The molecule has 2 aliphatic carbocycles. The Morgan fingerprint density at radius 1 is 0.871 bits per heavy atom. The van der Waals surface area contributed by atoms with Crippen LogP contribution in [0.3, 0.4) is 0 Å². The minimum Gasteiger partial charge on any atom is -0.352 e. The van der Waals surface area contributed by atoms with E-state index in [9.17, 15) is 19.2 Å². The van der Waals surface area contributed by atoms with Gasteiger partial charge in [0.2, 0.25) is 5.91 Å². The van der Waals surface area contributed by atoms with Gasteiger partial charge in [0.05, 0.1) is 0 Å². The Bertz CT molecular complexity index is 707. The molecule has 0 aromatic carbocycles. The van der Waals surface area contributed by atoms with Gasteiger partial charge >= 0.3 is 12.1 Å². The number of rotatable bonds is 4. The molecule has 4 rings (SSSR count). The van der Waals surface area contributed by atoms with Crippen LogP contribution >= 0.6 is 0 Å². The maximum atomic E-state index is 12.8. The average molecular weight is 434 g/mol. The number of urea groups is 2. The fourth-order valence-corrected chi connectivity index (χ4v) is 5.47. The van der Waals surface area contributed by atoms with Crippen LogP contribution in [0.5, 0.6) is 0 Å². The molecule has 6 amide bonds. The Morgan fingerprint density at radius 2 is 1.48 bits per heavy atom. The molecule has 172 valence electrons. The Balaban J connectivity index is 1.21. The second-order valence-corrected chi connectivity index (χ2v) is 9.58. The topological polar surface area (TPSA) is 111 Å². The molecule has 2 saturated carbocycles. The van der Waals surface area contributed by atoms with Crippen molar-refractivity contribution in [2.45, 2.75) is 94.7 Å². The lowest BCUT2D eigenvalue weighted by Gasteiger charge is -2.34. The highest BCUT2D eigenvalue weighted by Crippen LogP contribution is 2.33. The summed E-state index contributed by atoms with van der Waals surface area (Å²) in [6, 6.07) is -0.226. The molecule has 0 atom stereocenters. The molecule has 0 unspecified atom stereocenters. The van der Waals surface area contributed by atoms with Gasteiger partial charge in [0.1, 0.15) is 12.1 Å². The van der Waals surface area contributed by atoms with Crippen molar-refractivity contribution in [3.63, 3.8) is 0 Å². The zero-order chi connectivity index (χ0) is 21.8. The molecule has 0 aromatic rings. The summed E-state index contributed by atoms with van der Waals surface area (Å²) in [5.74, 6) is -0.581. The van der Waals surface area contributed by atoms with Crippen molar-refractivity contribution in [1.29, 1.82) is 0 Å². The number of hydrogen-bond donors (Lipinski definition) is 3. The van der Waals surface area contributed by atoms with E-state index in [4.69, 9.17) is 0 Å². The predicted octanol–water partition coefficient (Wildman–Crippen LogP) is 1.86. The van der Waals surface area contributed by atoms with Crippen LogP contribution in [-0.2, 0) is 9.59 Å². The van der Waals surface area contributed by atoms with Crippen LogP contribution in [-0.4, -0.2) is 70.9 Å². The van der Waals surface area contributed by atoms with Gasteiger partial charge in [0.25, 0.3) is 5.91 Å². The van der Waals surface area contributed by atoms with Crippen LogP contribution in [0.15, 0.2) is 0 Å². The zero-order valence-electron chi connectivity index (χ0n) is 18.3. The molecule has 0 bridgehead atoms. The van der Waals surface area contributed by atoms with Crippen LogP contribution in [0.4, 0.5) is 9.59 Å². The van der Waals surface area contributed by atoms with E-state index in [1.165, 1.54) is 19.3 Å². The molecule has 31 heavy (non-hydrogen) atoms. The summed E-state index contributed by atoms with van der Waals surface area (Å²) in [7, 11) is 0. The van der Waals surface area contributed by atoms with E-state index in [1.807, 2.05) is 4.90 Å². The third-order valence-corrected chi connectivity index (χ3v) is 7.33. The third kappa shape index (κ3) is 4.96. The van der Waals surface area contributed by atoms with E-state index in [0.29, 0.717) is 38.8 Å². The van der Waals surface area contributed by atoms with Crippen molar-refractivity contribution in [1.82, 2.24) is 25.8 Å². The molecule has 4 fully saturated rings. The number of imide groups is 1. The smallest absolute Gasteiger partial charge is 0.325 e. The first kappa shape index (κ1) is 21.9. The van der Waals surface area contributed by atoms with Gasteiger partial charge in [-0.1, -0.05) is 38.5 Å². The van der Waals surface area contributed by atoms with Gasteiger partial charge < -0.3 is 20.9 Å². The Labute approximate surface area is 183 Å². The van der Waals surface area contributed by atoms with Gasteiger partial charge in [0, 0.05) is 25.2 Å². The lowest BCUT2D eigenvalue weighted by molar-refractivity contribution is -0.136. The second kappa shape index (κ2) is 9.44. The number of likely N-dealkylation sites (tertiary alicyclic amines) is 1. The van der Waals surface area contributed by atoms with E-state index < -0.39 is 11.6 Å². The number of carbonyl (C=O) groups excluding carboxylic acids is 4. The molecule has 4 aliphatic rings. The summed E-state index contributed by atoms with van der Waals surface area (Å²) in [6.07, 6.45) is 11.3. The lowest BCUT2D eigenvalue weighted by Crippen LogP contribution is -2.53. The molecule has 2 aliphatic heterocycles. The summed E-state index contributed by atoms with van der Waals surface area (Å²) in [5, 5.41) is 8.93. The number of nitrogens with one attached hydrogen (secondary N) is 3. The van der Waals surface area contributed by atoms with Crippen LogP contribution in [0.1, 0.15) is 77.0 Å². The molecular formula is C22H35N5O4. The van der Waals surface area contributed by atoms with E-state index in [0.717, 1.165) is 37.0 Å². The molecule has 0 aromatic heterocycles. The van der Waals surface area contributed by atoms with Gasteiger partial charge in [-0.2, -0.15) is 0 Å². The van der Waals surface area contributed by atoms with E-state index in [2.05, 4.69) is 16.0 Å². The first-order valence-electron chi connectivity index (χ1n) is 12.0. The number of nitrogens with zero attached hydrogens (tertiary/aromatic N) is 2. The van der Waals surface area contributed by atoms with Crippen molar-refractivity contribution >= 4 is 23.9 Å². The highest BCUT2D eigenvalue weighted by atomic mass is 16.2. The molecular weight excluding hydrogens is 398 g/mol. The van der Waals surface area contributed by atoms with Gasteiger partial charge in [-0.3, -0.25) is 14.5 Å². The number of carbonyl (C=O) groups is 4. The largest absolute Gasteiger partial charge is 0.352 e. The van der Waals surface area contributed by atoms with Gasteiger partial charge in [0.15, 0.2) is 0 Å². The molecule has 9 nitrogen and oxygen atoms in total. The minimum absolute atomic E-state index is 0.00575. The fraction of sp³-hybridized carbons (Fsp3) is 0.818. The quantitative estimate of drug-likeness (QED) is 0.588. The van der Waals surface area contributed by atoms with Crippen molar-refractivity contribution < 1.29 is 19.2 Å². The third-order valence-electron chi connectivity index (χ3n) is 7.33. The normalized spacial score (nSPS) is 24.9. The van der Waals surface area contributed by atoms with Crippen molar-refractivity contribution in [2.24, 2.45) is 0 Å². The standard InChI is InChI=1S/C22H35N5O4/c28-18(15-27-19(29)22(25-21(27)31)11-5-2-6-12-22)23-17-9-13-26(14-10-17)20(30)24-16-7-3-1-4-8-16/h16-17H,1-15H2,(H,23,28)(H,24,30)(H,25,31). The monoisotopic (exact) mass is 433 g/mol. The molecule has 3 N–H and O–H groups in total. The van der Waals surface area contributed by atoms with Gasteiger partial charge in [-0.05, 0) is 38.5 Å². The summed E-state index contributed by atoms with van der Waals surface area (Å²) in [6.45, 7) is 0.945. The molecule has 2 heterocycles.